The van der Waals surface area contributed by atoms with Crippen LogP contribution in [0.3, 0.4) is 0 Å². The fourth-order valence-electron chi connectivity index (χ4n) is 4.92. The Kier molecular flexibility index (Phi) is 12.7. The number of carbonyl (C=O) groups excluding carboxylic acids is 4. The summed E-state index contributed by atoms with van der Waals surface area (Å²) in [4.78, 5) is 48.1. The lowest BCUT2D eigenvalue weighted by molar-refractivity contribution is -0.289. The number of rotatable bonds is 14. The Morgan fingerprint density at radius 2 is 1.60 bits per heavy atom. The molecule has 1 fully saturated rings. The highest BCUT2D eigenvalue weighted by Crippen LogP contribution is 2.34. The van der Waals surface area contributed by atoms with Crippen molar-refractivity contribution in [3.63, 3.8) is 0 Å². The Labute approximate surface area is 262 Å². The standard InChI is InChI=1S/C31H43N3O11/c1-16(2)26-24(14-22-9-10-23(13-17(22)3)39-12-8-11-32)30(34-33-26)45-31-29(43-21(7)38)28(42-20(6)37)27(41-19(5)36)25(44-31)15-40-18(4)35/h9-10,13,16,25,27-29,31H,8,11-12,14-15,32H2,1-7H3,(H,33,34)/t25-,27+,28+,29-,31?/m1/s1. The van der Waals surface area contributed by atoms with E-state index < -0.39 is 54.6 Å². The average Bonchev–Trinajstić information content (AvgIpc) is 3.34. The van der Waals surface area contributed by atoms with Crippen LogP contribution in [0.5, 0.6) is 11.6 Å². The molecule has 1 aliphatic heterocycles. The molecule has 0 saturated carbocycles. The molecule has 0 amide bonds. The van der Waals surface area contributed by atoms with Gasteiger partial charge in [0.05, 0.1) is 6.61 Å². The number of aryl methyl sites for hydroxylation is 1. The fraction of sp³-hybridized carbons (Fsp3) is 0.581. The summed E-state index contributed by atoms with van der Waals surface area (Å²) in [7, 11) is 0. The van der Waals surface area contributed by atoms with Gasteiger partial charge in [0.1, 0.15) is 18.5 Å². The van der Waals surface area contributed by atoms with E-state index in [-0.39, 0.29) is 18.4 Å². The zero-order chi connectivity index (χ0) is 33.3. The van der Waals surface area contributed by atoms with Gasteiger partial charge in [0.2, 0.25) is 18.3 Å². The maximum Gasteiger partial charge on any atom is 0.303 e. The van der Waals surface area contributed by atoms with Gasteiger partial charge >= 0.3 is 23.9 Å². The van der Waals surface area contributed by atoms with E-state index in [9.17, 15) is 19.2 Å². The lowest BCUT2D eigenvalue weighted by atomic mass is 9.96. The minimum atomic E-state index is -1.41. The molecule has 3 rings (SSSR count). The number of esters is 4. The van der Waals surface area contributed by atoms with Gasteiger partial charge in [-0.3, -0.25) is 24.3 Å². The largest absolute Gasteiger partial charge is 0.494 e. The van der Waals surface area contributed by atoms with Crippen LogP contribution in [0.2, 0.25) is 0 Å². The molecular weight excluding hydrogens is 590 g/mol. The van der Waals surface area contributed by atoms with Gasteiger partial charge in [-0.1, -0.05) is 19.9 Å². The van der Waals surface area contributed by atoms with Crippen molar-refractivity contribution in [2.24, 2.45) is 5.73 Å². The Morgan fingerprint density at radius 1 is 0.956 bits per heavy atom. The van der Waals surface area contributed by atoms with Gasteiger partial charge in [-0.2, -0.15) is 0 Å². The van der Waals surface area contributed by atoms with Crippen LogP contribution in [0.25, 0.3) is 0 Å². The summed E-state index contributed by atoms with van der Waals surface area (Å²) in [6, 6.07) is 5.79. The number of ether oxygens (including phenoxy) is 7. The smallest absolute Gasteiger partial charge is 0.303 e. The molecule has 14 heteroatoms. The molecule has 0 spiro atoms. The maximum absolute atomic E-state index is 12.2. The molecule has 0 radical (unpaired) electrons. The van der Waals surface area contributed by atoms with Gasteiger partial charge in [0, 0.05) is 45.4 Å². The number of nitrogens with two attached hydrogens (primary N) is 1. The third-order valence-electron chi connectivity index (χ3n) is 6.91. The van der Waals surface area contributed by atoms with Crippen LogP contribution in [0.15, 0.2) is 18.2 Å². The number of aromatic nitrogens is 2. The van der Waals surface area contributed by atoms with Gasteiger partial charge in [-0.15, -0.1) is 5.10 Å². The molecule has 1 aromatic carbocycles. The molecule has 0 bridgehead atoms. The van der Waals surface area contributed by atoms with Crippen molar-refractivity contribution < 1.29 is 52.3 Å². The number of H-pyrrole nitrogens is 1. The molecule has 45 heavy (non-hydrogen) atoms. The topological polar surface area (TPSA) is 188 Å². The highest BCUT2D eigenvalue weighted by Gasteiger charge is 2.53. The van der Waals surface area contributed by atoms with Crippen LogP contribution in [0.1, 0.15) is 76.3 Å². The van der Waals surface area contributed by atoms with Gasteiger partial charge < -0.3 is 38.9 Å². The summed E-state index contributed by atoms with van der Waals surface area (Å²) in [6.45, 7) is 11.3. The molecule has 1 aromatic heterocycles. The van der Waals surface area contributed by atoms with E-state index in [0.717, 1.165) is 55.3 Å². The number of nitrogens with one attached hydrogen (secondary N) is 1. The molecule has 1 aliphatic rings. The molecule has 248 valence electrons. The molecule has 3 N–H and O–H groups in total. The molecular formula is C31H43N3O11. The first-order valence-corrected chi connectivity index (χ1v) is 14.8. The van der Waals surface area contributed by atoms with Gasteiger partial charge in [-0.25, -0.2) is 0 Å². The van der Waals surface area contributed by atoms with Crippen LogP contribution in [-0.2, 0) is 49.3 Å². The maximum atomic E-state index is 12.2. The average molecular weight is 634 g/mol. The predicted molar refractivity (Wildman–Crippen MR) is 158 cm³/mol. The normalized spacial score (nSPS) is 21.1. The summed E-state index contributed by atoms with van der Waals surface area (Å²) in [5.74, 6) is -1.90. The van der Waals surface area contributed by atoms with Crippen LogP contribution < -0.4 is 15.2 Å². The van der Waals surface area contributed by atoms with E-state index in [1.165, 1.54) is 6.92 Å². The molecule has 2 aromatic rings. The van der Waals surface area contributed by atoms with Crippen molar-refractivity contribution in [3.05, 3.63) is 40.6 Å². The van der Waals surface area contributed by atoms with Gasteiger partial charge in [-0.05, 0) is 49.1 Å². The summed E-state index contributed by atoms with van der Waals surface area (Å²) in [5, 5.41) is 7.44. The molecule has 14 nitrogen and oxygen atoms in total. The van der Waals surface area contributed by atoms with E-state index in [1.807, 2.05) is 39.0 Å². The quantitative estimate of drug-likeness (QED) is 0.176. The summed E-state index contributed by atoms with van der Waals surface area (Å²) in [6.07, 6.45) is -5.45. The van der Waals surface area contributed by atoms with Crippen LogP contribution in [0.4, 0.5) is 0 Å². The monoisotopic (exact) mass is 633 g/mol. The SMILES string of the molecule is CC(=O)OC[C@H]1OC(Oc2n[nH]c(C(C)C)c2Cc2ccc(OCCCN)cc2C)[C@H](OC(C)=O)[C@@H](OC(C)=O)[C@H]1OC(C)=O. The Bertz CT molecular complexity index is 1340. The fourth-order valence-corrected chi connectivity index (χ4v) is 4.92. The first-order chi connectivity index (χ1) is 21.3. The number of aromatic amines is 1. The first-order valence-electron chi connectivity index (χ1n) is 14.8. The summed E-state index contributed by atoms with van der Waals surface area (Å²) >= 11 is 0. The minimum absolute atomic E-state index is 0.0272. The van der Waals surface area contributed by atoms with E-state index in [1.54, 1.807) is 0 Å². The number of nitrogens with zero attached hydrogens (tertiary/aromatic N) is 1. The molecule has 0 aliphatic carbocycles. The van der Waals surface area contributed by atoms with Crippen molar-refractivity contribution in [3.8, 4) is 11.6 Å². The Balaban J connectivity index is 2.01. The highest BCUT2D eigenvalue weighted by molar-refractivity contribution is 5.68. The van der Waals surface area contributed by atoms with Crippen LogP contribution in [0, 0.1) is 6.92 Å². The zero-order valence-corrected chi connectivity index (χ0v) is 26.7. The summed E-state index contributed by atoms with van der Waals surface area (Å²) in [5.41, 5.74) is 9.06. The first kappa shape index (κ1) is 35.3. The van der Waals surface area contributed by atoms with Crippen LogP contribution >= 0.6 is 0 Å². The molecule has 5 atom stereocenters. The van der Waals surface area contributed by atoms with Crippen molar-refractivity contribution in [1.82, 2.24) is 10.2 Å². The Morgan fingerprint density at radius 3 is 2.18 bits per heavy atom. The minimum Gasteiger partial charge on any atom is -0.494 e. The molecule has 2 heterocycles. The predicted octanol–water partition coefficient (Wildman–Crippen LogP) is 2.62. The lowest BCUT2D eigenvalue weighted by Gasteiger charge is -2.43. The van der Waals surface area contributed by atoms with E-state index in [0.29, 0.717) is 19.6 Å². The lowest BCUT2D eigenvalue weighted by Crippen LogP contribution is -2.63. The van der Waals surface area contributed by atoms with E-state index in [4.69, 9.17) is 38.9 Å². The number of hydrogen-bond donors (Lipinski definition) is 2. The second-order valence-electron chi connectivity index (χ2n) is 11.0. The Hall–Kier alpha value is -4.17. The van der Waals surface area contributed by atoms with Gasteiger partial charge in [0.15, 0.2) is 12.2 Å². The number of hydrogen-bond acceptors (Lipinski definition) is 13. The van der Waals surface area contributed by atoms with Crippen LogP contribution in [-0.4, -0.2) is 84.5 Å². The number of benzene rings is 1. The molecule has 1 unspecified atom stereocenters. The number of carbonyl (C=O) groups is 4. The third-order valence-corrected chi connectivity index (χ3v) is 6.91. The molecule has 1 saturated heterocycles. The van der Waals surface area contributed by atoms with E-state index in [2.05, 4.69) is 10.2 Å². The highest BCUT2D eigenvalue weighted by atomic mass is 16.7. The van der Waals surface area contributed by atoms with Gasteiger partial charge in [0.25, 0.3) is 0 Å². The third kappa shape index (κ3) is 9.91. The van der Waals surface area contributed by atoms with Crippen molar-refractivity contribution in [2.45, 2.75) is 97.9 Å². The van der Waals surface area contributed by atoms with Crippen molar-refractivity contribution in [2.75, 3.05) is 19.8 Å². The van der Waals surface area contributed by atoms with Crippen molar-refractivity contribution >= 4 is 23.9 Å². The second kappa shape index (κ2) is 16.2. The van der Waals surface area contributed by atoms with Crippen molar-refractivity contribution in [1.29, 1.82) is 0 Å². The second-order valence-corrected chi connectivity index (χ2v) is 11.0. The summed E-state index contributed by atoms with van der Waals surface area (Å²) < 4.78 is 39.8. The van der Waals surface area contributed by atoms with E-state index >= 15 is 0 Å². The zero-order valence-electron chi connectivity index (χ0n) is 26.7.